The van der Waals surface area contributed by atoms with E-state index in [1.807, 2.05) is 79.7 Å². The van der Waals surface area contributed by atoms with Crippen LogP contribution in [-0.2, 0) is 4.79 Å². The average Bonchev–Trinajstić information content (AvgIpc) is 2.63. The van der Waals surface area contributed by atoms with Crippen LogP contribution in [-0.4, -0.2) is 5.91 Å². The Morgan fingerprint density at radius 1 is 0.923 bits per heavy atom. The number of carbonyl (C=O) groups is 1. The number of benzene rings is 3. The molecule has 0 aliphatic heterocycles. The van der Waals surface area contributed by atoms with Gasteiger partial charge in [-0.15, -0.1) is 11.8 Å². The van der Waals surface area contributed by atoms with Crippen LogP contribution in [0.3, 0.4) is 0 Å². The van der Waals surface area contributed by atoms with Crippen LogP contribution in [0.25, 0.3) is 0 Å². The van der Waals surface area contributed by atoms with Crippen LogP contribution >= 0.6 is 11.8 Å². The molecule has 0 spiro atoms. The van der Waals surface area contributed by atoms with Gasteiger partial charge in [0.25, 0.3) is 0 Å². The molecule has 3 rings (SSSR count). The van der Waals surface area contributed by atoms with E-state index in [1.165, 1.54) is 17.3 Å². The summed E-state index contributed by atoms with van der Waals surface area (Å²) in [7, 11) is 0. The second-order valence-electron chi connectivity index (χ2n) is 6.27. The number of nitrogen functional groups attached to an aromatic ring is 1. The highest BCUT2D eigenvalue weighted by molar-refractivity contribution is 8.00. The number of nitrogens with one attached hydrogen (secondary N) is 1. The molecule has 0 saturated heterocycles. The number of amides is 1. The molecule has 0 saturated carbocycles. The van der Waals surface area contributed by atoms with Crippen molar-refractivity contribution in [2.45, 2.75) is 24.0 Å². The number of carbonyl (C=O) groups excluding carboxylic acids is 1. The Balaban J connectivity index is 1.87. The van der Waals surface area contributed by atoms with E-state index in [0.29, 0.717) is 5.69 Å². The first-order valence-corrected chi connectivity index (χ1v) is 9.36. The molecule has 1 amide bonds. The standard InChI is InChI=1S/C22H22N2OS/c1-15-11-12-19(13-16(15)2)24-22(25)21(17-7-4-3-5-8-17)26-20-10-6-9-18(23)14-20/h3-14,21H,23H2,1-2H3,(H,24,25). The Bertz CT molecular complexity index is 909. The lowest BCUT2D eigenvalue weighted by Crippen LogP contribution is -2.19. The van der Waals surface area contributed by atoms with Gasteiger partial charge in [0.15, 0.2) is 0 Å². The van der Waals surface area contributed by atoms with Crippen LogP contribution in [0.5, 0.6) is 0 Å². The molecule has 1 unspecified atom stereocenters. The van der Waals surface area contributed by atoms with E-state index < -0.39 is 0 Å². The maximum Gasteiger partial charge on any atom is 0.242 e. The minimum atomic E-state index is -0.361. The zero-order valence-electron chi connectivity index (χ0n) is 14.9. The van der Waals surface area contributed by atoms with Crippen LogP contribution in [0, 0.1) is 13.8 Å². The first-order valence-electron chi connectivity index (χ1n) is 8.48. The molecule has 0 aromatic heterocycles. The molecule has 4 heteroatoms. The van der Waals surface area contributed by atoms with Crippen molar-refractivity contribution in [2.24, 2.45) is 0 Å². The van der Waals surface area contributed by atoms with Gasteiger partial charge in [-0.25, -0.2) is 0 Å². The van der Waals surface area contributed by atoms with Gasteiger partial charge in [-0.3, -0.25) is 4.79 Å². The van der Waals surface area contributed by atoms with E-state index in [9.17, 15) is 4.79 Å². The average molecular weight is 362 g/mol. The first kappa shape index (κ1) is 18.1. The molecule has 0 aliphatic rings. The highest BCUT2D eigenvalue weighted by Crippen LogP contribution is 2.36. The molecule has 0 radical (unpaired) electrons. The van der Waals surface area contributed by atoms with E-state index >= 15 is 0 Å². The van der Waals surface area contributed by atoms with Crippen molar-refractivity contribution in [3.63, 3.8) is 0 Å². The molecule has 1 atom stereocenters. The summed E-state index contributed by atoms with van der Waals surface area (Å²) in [6.45, 7) is 4.10. The molecular formula is C22H22N2OS. The zero-order chi connectivity index (χ0) is 18.5. The third-order valence-electron chi connectivity index (χ3n) is 4.23. The summed E-state index contributed by atoms with van der Waals surface area (Å²) in [6.07, 6.45) is 0. The lowest BCUT2D eigenvalue weighted by Gasteiger charge is -2.18. The second kappa shape index (κ2) is 8.11. The molecule has 3 nitrogen and oxygen atoms in total. The quantitative estimate of drug-likeness (QED) is 0.475. The van der Waals surface area contributed by atoms with Crippen molar-refractivity contribution < 1.29 is 4.79 Å². The van der Waals surface area contributed by atoms with E-state index in [-0.39, 0.29) is 11.2 Å². The van der Waals surface area contributed by atoms with Gasteiger partial charge in [0.1, 0.15) is 5.25 Å². The van der Waals surface area contributed by atoms with Gasteiger partial charge in [-0.1, -0.05) is 42.5 Å². The third kappa shape index (κ3) is 4.46. The van der Waals surface area contributed by atoms with Gasteiger partial charge in [0, 0.05) is 16.3 Å². The number of rotatable bonds is 5. The fraction of sp³-hybridized carbons (Fsp3) is 0.136. The van der Waals surface area contributed by atoms with Gasteiger partial charge in [0.05, 0.1) is 0 Å². The third-order valence-corrected chi connectivity index (χ3v) is 5.47. The van der Waals surface area contributed by atoms with Gasteiger partial charge in [0.2, 0.25) is 5.91 Å². The summed E-state index contributed by atoms with van der Waals surface area (Å²) in [6, 6.07) is 23.4. The normalized spacial score (nSPS) is 11.8. The number of anilines is 2. The monoisotopic (exact) mass is 362 g/mol. The lowest BCUT2D eigenvalue weighted by atomic mass is 10.1. The molecule has 132 valence electrons. The fourth-order valence-corrected chi connectivity index (χ4v) is 3.74. The Morgan fingerprint density at radius 3 is 2.38 bits per heavy atom. The number of hydrogen-bond acceptors (Lipinski definition) is 3. The van der Waals surface area contributed by atoms with E-state index in [4.69, 9.17) is 5.73 Å². The smallest absolute Gasteiger partial charge is 0.242 e. The summed E-state index contributed by atoms with van der Waals surface area (Å²) >= 11 is 1.50. The van der Waals surface area contributed by atoms with Gasteiger partial charge in [-0.2, -0.15) is 0 Å². The number of nitrogens with two attached hydrogens (primary N) is 1. The van der Waals surface area contributed by atoms with Crippen LogP contribution in [0.4, 0.5) is 11.4 Å². The molecule has 0 fully saturated rings. The molecule has 0 heterocycles. The van der Waals surface area contributed by atoms with Crippen LogP contribution in [0.15, 0.2) is 77.7 Å². The first-order chi connectivity index (χ1) is 12.5. The van der Waals surface area contributed by atoms with E-state index in [0.717, 1.165) is 21.7 Å². The molecule has 3 aromatic rings. The molecule has 3 aromatic carbocycles. The van der Waals surface area contributed by atoms with Crippen molar-refractivity contribution in [3.8, 4) is 0 Å². The number of aryl methyl sites for hydroxylation is 2. The minimum Gasteiger partial charge on any atom is -0.399 e. The molecule has 26 heavy (non-hydrogen) atoms. The Hall–Kier alpha value is -2.72. The number of thioether (sulfide) groups is 1. The van der Waals surface area contributed by atoms with Crippen molar-refractivity contribution in [1.29, 1.82) is 0 Å². The van der Waals surface area contributed by atoms with E-state index in [2.05, 4.69) is 12.2 Å². The Morgan fingerprint density at radius 2 is 1.69 bits per heavy atom. The zero-order valence-corrected chi connectivity index (χ0v) is 15.7. The van der Waals surface area contributed by atoms with Crippen molar-refractivity contribution in [2.75, 3.05) is 11.1 Å². The number of hydrogen-bond donors (Lipinski definition) is 2. The SMILES string of the molecule is Cc1ccc(NC(=O)C(Sc2cccc(N)c2)c2ccccc2)cc1C. The lowest BCUT2D eigenvalue weighted by molar-refractivity contribution is -0.115. The van der Waals surface area contributed by atoms with Gasteiger partial charge >= 0.3 is 0 Å². The second-order valence-corrected chi connectivity index (χ2v) is 7.45. The minimum absolute atomic E-state index is 0.0492. The summed E-state index contributed by atoms with van der Waals surface area (Å²) in [5, 5.41) is 2.69. The van der Waals surface area contributed by atoms with Gasteiger partial charge in [-0.05, 0) is 60.9 Å². The van der Waals surface area contributed by atoms with Crippen molar-refractivity contribution >= 4 is 29.0 Å². The maximum atomic E-state index is 13.0. The topological polar surface area (TPSA) is 55.1 Å². The summed E-state index contributed by atoms with van der Waals surface area (Å²) in [5.74, 6) is -0.0492. The predicted molar refractivity (Wildman–Crippen MR) is 110 cm³/mol. The Labute approximate surface area is 158 Å². The summed E-state index contributed by atoms with van der Waals surface area (Å²) < 4.78 is 0. The highest BCUT2D eigenvalue weighted by Gasteiger charge is 2.22. The van der Waals surface area contributed by atoms with Crippen molar-refractivity contribution in [1.82, 2.24) is 0 Å². The maximum absolute atomic E-state index is 13.0. The summed E-state index contributed by atoms with van der Waals surface area (Å²) in [5.41, 5.74) is 10.7. The van der Waals surface area contributed by atoms with Gasteiger partial charge < -0.3 is 11.1 Å². The highest BCUT2D eigenvalue weighted by atomic mass is 32.2. The molecule has 0 aliphatic carbocycles. The van der Waals surface area contributed by atoms with Crippen molar-refractivity contribution in [3.05, 3.63) is 89.5 Å². The summed E-state index contributed by atoms with van der Waals surface area (Å²) in [4.78, 5) is 14.0. The fourth-order valence-electron chi connectivity index (χ4n) is 2.65. The van der Waals surface area contributed by atoms with Crippen LogP contribution in [0.1, 0.15) is 21.9 Å². The Kier molecular flexibility index (Phi) is 5.64. The van der Waals surface area contributed by atoms with E-state index in [1.54, 1.807) is 0 Å². The molecule has 3 N–H and O–H groups in total. The largest absolute Gasteiger partial charge is 0.399 e. The van der Waals surface area contributed by atoms with Crippen LogP contribution in [0.2, 0.25) is 0 Å². The molecule has 0 bridgehead atoms. The predicted octanol–water partition coefficient (Wildman–Crippen LogP) is 5.36. The van der Waals surface area contributed by atoms with Crippen LogP contribution < -0.4 is 11.1 Å². The molecular weight excluding hydrogens is 340 g/mol.